The third-order valence-corrected chi connectivity index (χ3v) is 6.93. The number of nitrogens with one attached hydrogen (secondary N) is 1. The van der Waals surface area contributed by atoms with E-state index in [0.29, 0.717) is 43.8 Å². The number of halogens is 3. The Morgan fingerprint density at radius 1 is 1.27 bits per heavy atom. The topological polar surface area (TPSA) is 87.5 Å². The van der Waals surface area contributed by atoms with Crippen molar-refractivity contribution in [3.63, 3.8) is 0 Å². The van der Waals surface area contributed by atoms with E-state index in [9.17, 15) is 23.2 Å². The van der Waals surface area contributed by atoms with Crippen LogP contribution in [0.3, 0.4) is 0 Å². The van der Waals surface area contributed by atoms with Crippen LogP contribution in [0.5, 0.6) is 0 Å². The maximum Gasteiger partial charge on any atom is 0.416 e. The van der Waals surface area contributed by atoms with Crippen LogP contribution in [0.25, 0.3) is 0 Å². The van der Waals surface area contributed by atoms with Crippen LogP contribution in [0.1, 0.15) is 36.5 Å². The summed E-state index contributed by atoms with van der Waals surface area (Å²) in [6, 6.07) is 8.73. The lowest BCUT2D eigenvalue weighted by atomic mass is 9.71. The number of hydrogen-bond donors (Lipinski definition) is 1. The first-order valence-corrected chi connectivity index (χ1v) is 11.9. The number of allylic oxidation sites excluding steroid dienone is 1. The van der Waals surface area contributed by atoms with Crippen LogP contribution >= 0.6 is 0 Å². The molecule has 1 aromatic heterocycles. The van der Waals surface area contributed by atoms with E-state index in [1.54, 1.807) is 18.6 Å². The van der Waals surface area contributed by atoms with Crippen molar-refractivity contribution in [1.82, 2.24) is 10.3 Å². The number of pyridine rings is 1. The van der Waals surface area contributed by atoms with Crippen molar-refractivity contribution in [3.8, 4) is 6.07 Å². The van der Waals surface area contributed by atoms with E-state index in [2.05, 4.69) is 10.3 Å². The Balaban J connectivity index is 1.59. The van der Waals surface area contributed by atoms with Gasteiger partial charge in [-0.3, -0.25) is 9.78 Å². The van der Waals surface area contributed by atoms with E-state index in [-0.39, 0.29) is 5.56 Å². The summed E-state index contributed by atoms with van der Waals surface area (Å²) < 4.78 is 50.6. The largest absolute Gasteiger partial charge is 0.468 e. The van der Waals surface area contributed by atoms with Gasteiger partial charge in [0.1, 0.15) is 6.07 Å². The summed E-state index contributed by atoms with van der Waals surface area (Å²) in [5.74, 6) is -0.400. The number of aromatic nitrogens is 1. The summed E-state index contributed by atoms with van der Waals surface area (Å²) in [6.07, 6.45) is 4.99. The smallest absolute Gasteiger partial charge is 0.416 e. The molecule has 0 bridgehead atoms. The molecule has 1 saturated heterocycles. The predicted molar refractivity (Wildman–Crippen MR) is 130 cm³/mol. The molecular formula is C27H27F3N4O3. The zero-order valence-corrected chi connectivity index (χ0v) is 20.5. The molecule has 1 atom stereocenters. The monoisotopic (exact) mass is 512 g/mol. The number of benzene rings is 1. The van der Waals surface area contributed by atoms with Crippen LogP contribution in [0.4, 0.5) is 18.9 Å². The molecule has 2 aliphatic rings. The number of esters is 1. The molecular weight excluding hydrogens is 485 g/mol. The molecule has 194 valence electrons. The summed E-state index contributed by atoms with van der Waals surface area (Å²) in [5.41, 5.74) is -0.914. The van der Waals surface area contributed by atoms with Crippen molar-refractivity contribution < 1.29 is 27.4 Å². The van der Waals surface area contributed by atoms with Gasteiger partial charge in [-0.05, 0) is 55.7 Å². The van der Waals surface area contributed by atoms with E-state index in [4.69, 9.17) is 9.47 Å². The van der Waals surface area contributed by atoms with Crippen LogP contribution in [0, 0.1) is 16.7 Å². The molecule has 10 heteroatoms. The van der Waals surface area contributed by atoms with Gasteiger partial charge >= 0.3 is 12.1 Å². The Labute approximate surface area is 213 Å². The standard InChI is InChI=1S/C27H27F3N4O3/c1-3-37-26(22-5-4-12-32-17-22)9-8-21(18-33-26)25(24(35)36-2)10-13-34(14-11-25)23-7-6-20(27(28,29)30)15-19(23)16-31/h4-9,12,15,17-18,33H,3,10-11,13-14H2,1-2H3. The summed E-state index contributed by atoms with van der Waals surface area (Å²) in [6.45, 7) is 3.01. The number of piperidine rings is 1. The lowest BCUT2D eigenvalue weighted by molar-refractivity contribution is -0.151. The number of rotatable bonds is 6. The normalized spacial score (nSPS) is 21.0. The van der Waals surface area contributed by atoms with Crippen molar-refractivity contribution in [2.24, 2.45) is 5.41 Å². The molecule has 2 aromatic rings. The molecule has 1 fully saturated rings. The number of carbonyl (C=O) groups excluding carboxylic acids is 1. The number of hydrogen-bond acceptors (Lipinski definition) is 7. The van der Waals surface area contributed by atoms with Crippen molar-refractivity contribution >= 4 is 11.7 Å². The Kier molecular flexibility index (Phi) is 7.28. The van der Waals surface area contributed by atoms with Gasteiger partial charge in [-0.25, -0.2) is 0 Å². The van der Waals surface area contributed by atoms with Crippen molar-refractivity contribution in [1.29, 1.82) is 5.26 Å². The number of nitrogens with zero attached hydrogens (tertiary/aromatic N) is 3. The lowest BCUT2D eigenvalue weighted by Crippen LogP contribution is -2.48. The molecule has 0 spiro atoms. The van der Waals surface area contributed by atoms with Gasteiger partial charge in [-0.15, -0.1) is 0 Å². The molecule has 0 aliphatic carbocycles. The van der Waals surface area contributed by atoms with Crippen LogP contribution in [-0.4, -0.2) is 37.8 Å². The minimum atomic E-state index is -4.54. The zero-order valence-electron chi connectivity index (χ0n) is 20.5. The molecule has 7 nitrogen and oxygen atoms in total. The number of carbonyl (C=O) groups is 1. The van der Waals surface area contributed by atoms with Gasteiger partial charge in [0.15, 0.2) is 5.72 Å². The van der Waals surface area contributed by atoms with Crippen LogP contribution < -0.4 is 10.2 Å². The predicted octanol–water partition coefficient (Wildman–Crippen LogP) is 4.66. The van der Waals surface area contributed by atoms with Gasteiger partial charge in [0, 0.05) is 43.9 Å². The molecule has 1 N–H and O–H groups in total. The highest BCUT2D eigenvalue weighted by Crippen LogP contribution is 2.44. The van der Waals surface area contributed by atoms with E-state index >= 15 is 0 Å². The highest BCUT2D eigenvalue weighted by molar-refractivity contribution is 5.82. The molecule has 4 rings (SSSR count). The van der Waals surface area contributed by atoms with E-state index in [0.717, 1.165) is 17.7 Å². The maximum absolute atomic E-state index is 13.1. The molecule has 37 heavy (non-hydrogen) atoms. The van der Waals surface area contributed by atoms with E-state index in [1.165, 1.54) is 13.2 Å². The van der Waals surface area contributed by atoms with Gasteiger partial charge < -0.3 is 19.7 Å². The minimum Gasteiger partial charge on any atom is -0.468 e. The number of dihydropyridines is 1. The van der Waals surface area contributed by atoms with Gasteiger partial charge in [0.2, 0.25) is 0 Å². The van der Waals surface area contributed by atoms with Crippen molar-refractivity contribution in [2.45, 2.75) is 31.7 Å². The molecule has 1 unspecified atom stereocenters. The van der Waals surface area contributed by atoms with Gasteiger partial charge in [0.05, 0.1) is 29.3 Å². The molecule has 1 aromatic carbocycles. The third-order valence-electron chi connectivity index (χ3n) is 6.93. The highest BCUT2D eigenvalue weighted by atomic mass is 19.4. The summed E-state index contributed by atoms with van der Waals surface area (Å²) in [4.78, 5) is 19.1. The molecule has 2 aliphatic heterocycles. The SMILES string of the molecule is CCOC1(c2cccnc2)C=CC(C2(C(=O)OC)CCN(c3ccc(C(F)(F)F)cc3C#N)CC2)=CN1. The second kappa shape index (κ2) is 10.3. The third kappa shape index (κ3) is 4.91. The highest BCUT2D eigenvalue weighted by Gasteiger charge is 2.47. The van der Waals surface area contributed by atoms with Gasteiger partial charge in [0.25, 0.3) is 0 Å². The number of anilines is 1. The van der Waals surface area contributed by atoms with Crippen LogP contribution in [0.15, 0.2) is 66.7 Å². The Morgan fingerprint density at radius 3 is 2.57 bits per heavy atom. The molecule has 0 radical (unpaired) electrons. The van der Waals surface area contributed by atoms with E-state index < -0.39 is 28.8 Å². The minimum absolute atomic E-state index is 0.0585. The lowest BCUT2D eigenvalue weighted by Gasteiger charge is -2.43. The quantitative estimate of drug-likeness (QED) is 0.563. The molecule has 0 saturated carbocycles. The first kappa shape index (κ1) is 26.2. The van der Waals surface area contributed by atoms with Crippen LogP contribution in [0.2, 0.25) is 0 Å². The fourth-order valence-corrected chi connectivity index (χ4v) is 4.96. The van der Waals surface area contributed by atoms with Crippen molar-refractivity contribution in [2.75, 3.05) is 31.7 Å². The average Bonchev–Trinajstić information content (AvgIpc) is 2.93. The summed E-state index contributed by atoms with van der Waals surface area (Å²) in [7, 11) is 1.33. The van der Waals surface area contributed by atoms with Crippen LogP contribution in [-0.2, 0) is 26.2 Å². The summed E-state index contributed by atoms with van der Waals surface area (Å²) >= 11 is 0. The fourth-order valence-electron chi connectivity index (χ4n) is 4.96. The first-order valence-electron chi connectivity index (χ1n) is 11.9. The fraction of sp³-hybridized carbons (Fsp3) is 0.370. The average molecular weight is 513 g/mol. The first-order chi connectivity index (χ1) is 17.7. The number of nitriles is 1. The van der Waals surface area contributed by atoms with Crippen molar-refractivity contribution in [3.05, 3.63) is 83.3 Å². The Hall–Kier alpha value is -3.84. The van der Waals surface area contributed by atoms with Gasteiger partial charge in [-0.1, -0.05) is 12.1 Å². The Bertz CT molecular complexity index is 1250. The second-order valence-electron chi connectivity index (χ2n) is 8.89. The second-order valence-corrected chi connectivity index (χ2v) is 8.89. The summed E-state index contributed by atoms with van der Waals surface area (Å²) in [5, 5.41) is 12.8. The number of alkyl halides is 3. The van der Waals surface area contributed by atoms with E-state index in [1.807, 2.05) is 42.2 Å². The number of methoxy groups -OCH3 is 1. The molecule has 0 amide bonds. The maximum atomic E-state index is 13.1. The molecule has 3 heterocycles. The number of ether oxygens (including phenoxy) is 2. The Morgan fingerprint density at radius 2 is 2.03 bits per heavy atom. The van der Waals surface area contributed by atoms with Gasteiger partial charge in [-0.2, -0.15) is 18.4 Å². The zero-order chi connectivity index (χ0) is 26.7.